The second-order valence-electron chi connectivity index (χ2n) is 7.95. The van der Waals surface area contributed by atoms with Crippen LogP contribution in [-0.2, 0) is 4.74 Å². The van der Waals surface area contributed by atoms with Crippen molar-refractivity contribution >= 4 is 22.9 Å². The molecule has 3 aromatic rings. The molecule has 1 atom stereocenters. The first-order chi connectivity index (χ1) is 17.0. The van der Waals surface area contributed by atoms with E-state index in [1.54, 1.807) is 19.2 Å². The fourth-order valence-electron chi connectivity index (χ4n) is 4.13. The van der Waals surface area contributed by atoms with E-state index in [0.717, 1.165) is 22.4 Å². The maximum absolute atomic E-state index is 10.4. The van der Waals surface area contributed by atoms with E-state index in [0.29, 0.717) is 47.2 Å². The lowest BCUT2D eigenvalue weighted by molar-refractivity contribution is 0.174. The first-order valence-corrected chi connectivity index (χ1v) is 11.3. The Hall–Kier alpha value is -3.83. The van der Waals surface area contributed by atoms with Crippen LogP contribution in [0.25, 0.3) is 17.0 Å². The highest BCUT2D eigenvalue weighted by atomic mass is 32.1. The van der Waals surface area contributed by atoms with Gasteiger partial charge < -0.3 is 38.8 Å². The van der Waals surface area contributed by atoms with E-state index in [2.05, 4.69) is 10.5 Å². The number of ether oxygens (including phenoxy) is 4. The van der Waals surface area contributed by atoms with E-state index in [4.69, 9.17) is 40.7 Å². The molecule has 0 saturated carbocycles. The second kappa shape index (κ2) is 9.43. The van der Waals surface area contributed by atoms with Crippen molar-refractivity contribution in [1.29, 1.82) is 0 Å². The summed E-state index contributed by atoms with van der Waals surface area (Å²) in [5.74, 6) is 2.43. The van der Waals surface area contributed by atoms with Gasteiger partial charge in [-0.1, -0.05) is 11.2 Å². The van der Waals surface area contributed by atoms with Crippen molar-refractivity contribution in [1.82, 2.24) is 20.4 Å². The van der Waals surface area contributed by atoms with Crippen molar-refractivity contribution in [2.24, 2.45) is 0 Å². The third kappa shape index (κ3) is 4.24. The van der Waals surface area contributed by atoms with Crippen LogP contribution in [-0.4, -0.2) is 59.4 Å². The number of phenols is 1. The largest absolute Gasteiger partial charge is 0.504 e. The van der Waals surface area contributed by atoms with Gasteiger partial charge in [0.05, 0.1) is 25.3 Å². The molecule has 5 rings (SSSR count). The molecule has 2 aromatic carbocycles. The SMILES string of the molecule is COCCN1C(=S)NC(c2ccc(OC)c(O)c2)C(c2nc(-c3ccc4c(c3)OCO4)no2)=C1C. The van der Waals surface area contributed by atoms with Crippen LogP contribution in [0.5, 0.6) is 23.0 Å². The quantitative estimate of drug-likeness (QED) is 0.469. The van der Waals surface area contributed by atoms with Gasteiger partial charge in [-0.15, -0.1) is 0 Å². The maximum atomic E-state index is 10.4. The summed E-state index contributed by atoms with van der Waals surface area (Å²) in [4.78, 5) is 6.62. The summed E-state index contributed by atoms with van der Waals surface area (Å²) in [5.41, 5.74) is 3.07. The molecule has 2 aliphatic rings. The predicted molar refractivity (Wildman–Crippen MR) is 130 cm³/mol. The lowest BCUT2D eigenvalue weighted by atomic mass is 9.94. The number of hydrogen-bond donors (Lipinski definition) is 2. The van der Waals surface area contributed by atoms with Gasteiger partial charge in [-0.05, 0) is 55.0 Å². The number of methoxy groups -OCH3 is 2. The van der Waals surface area contributed by atoms with Gasteiger partial charge >= 0.3 is 0 Å². The third-order valence-electron chi connectivity index (χ3n) is 5.94. The number of benzene rings is 2. The van der Waals surface area contributed by atoms with Crippen LogP contribution in [0.15, 0.2) is 46.6 Å². The molecular weight excluding hydrogens is 472 g/mol. The van der Waals surface area contributed by atoms with Crippen molar-refractivity contribution in [2.45, 2.75) is 13.0 Å². The Morgan fingerprint density at radius 3 is 2.77 bits per heavy atom. The average Bonchev–Trinajstić information content (AvgIpc) is 3.53. The van der Waals surface area contributed by atoms with Crippen molar-refractivity contribution in [3.05, 3.63) is 53.5 Å². The Kier molecular flexibility index (Phi) is 6.18. The fraction of sp³-hybridized carbons (Fsp3) is 0.292. The van der Waals surface area contributed by atoms with Crippen molar-refractivity contribution < 1.29 is 28.6 Å². The Morgan fingerprint density at radius 2 is 2.00 bits per heavy atom. The molecular formula is C24H24N4O6S. The number of nitrogens with one attached hydrogen (secondary N) is 1. The molecule has 0 saturated heterocycles. The lowest BCUT2D eigenvalue weighted by Gasteiger charge is -2.37. The first-order valence-electron chi connectivity index (χ1n) is 10.9. The molecule has 1 aromatic heterocycles. The predicted octanol–water partition coefficient (Wildman–Crippen LogP) is 3.49. The zero-order valence-electron chi connectivity index (χ0n) is 19.4. The van der Waals surface area contributed by atoms with E-state index in [9.17, 15) is 5.11 Å². The van der Waals surface area contributed by atoms with E-state index in [1.807, 2.05) is 36.1 Å². The number of fused-ring (bicyclic) bond motifs is 1. The van der Waals surface area contributed by atoms with Crippen LogP contribution in [0.2, 0.25) is 0 Å². The zero-order valence-corrected chi connectivity index (χ0v) is 20.2. The molecule has 0 fully saturated rings. The highest BCUT2D eigenvalue weighted by Gasteiger charge is 2.34. The molecule has 11 heteroatoms. The Labute approximate surface area is 207 Å². The number of thiocarbonyl (C=S) groups is 1. The Bertz CT molecular complexity index is 1310. The number of nitrogens with zero attached hydrogens (tertiary/aromatic N) is 3. The van der Waals surface area contributed by atoms with Gasteiger partial charge in [-0.25, -0.2) is 0 Å². The maximum Gasteiger partial charge on any atom is 0.258 e. The zero-order chi connectivity index (χ0) is 24.5. The summed E-state index contributed by atoms with van der Waals surface area (Å²) in [6, 6.07) is 10.2. The number of rotatable bonds is 7. The van der Waals surface area contributed by atoms with Gasteiger partial charge in [0, 0.05) is 24.9 Å². The van der Waals surface area contributed by atoms with Crippen LogP contribution >= 0.6 is 12.2 Å². The van der Waals surface area contributed by atoms with Crippen molar-refractivity contribution in [3.63, 3.8) is 0 Å². The normalized spacial score (nSPS) is 17.1. The monoisotopic (exact) mass is 496 g/mol. The molecule has 1 unspecified atom stereocenters. The van der Waals surface area contributed by atoms with E-state index < -0.39 is 6.04 Å². The molecule has 0 radical (unpaired) electrons. The van der Waals surface area contributed by atoms with Gasteiger partial charge in [0.15, 0.2) is 28.1 Å². The van der Waals surface area contributed by atoms with Crippen LogP contribution < -0.4 is 19.5 Å². The minimum absolute atomic E-state index is 0.0168. The highest BCUT2D eigenvalue weighted by molar-refractivity contribution is 7.80. The topological polar surface area (TPSA) is 111 Å². The molecule has 0 aliphatic carbocycles. The Balaban J connectivity index is 1.57. The highest BCUT2D eigenvalue weighted by Crippen LogP contribution is 2.40. The average molecular weight is 497 g/mol. The van der Waals surface area contributed by atoms with Crippen molar-refractivity contribution in [3.8, 4) is 34.4 Å². The molecule has 0 amide bonds. The summed E-state index contributed by atoms with van der Waals surface area (Å²) >= 11 is 5.65. The summed E-state index contributed by atoms with van der Waals surface area (Å²) in [5, 5.41) is 18.5. The third-order valence-corrected chi connectivity index (χ3v) is 6.28. The van der Waals surface area contributed by atoms with Gasteiger partial charge in [0.1, 0.15) is 0 Å². The fourth-order valence-corrected chi connectivity index (χ4v) is 4.48. The Morgan fingerprint density at radius 1 is 1.17 bits per heavy atom. The standard InChI is InChI=1S/C24H24N4O6S/c1-13-20(23-26-22(27-34-23)15-5-7-18-19(11-15)33-12-32-18)21(25-24(35)28(13)8-9-30-2)14-4-6-17(31-3)16(29)10-14/h4-7,10-11,21,29H,8-9,12H2,1-3H3,(H,25,35). The van der Waals surface area contributed by atoms with Gasteiger partial charge in [0.25, 0.3) is 5.89 Å². The van der Waals surface area contributed by atoms with Crippen LogP contribution in [0, 0.1) is 0 Å². The number of allylic oxidation sites excluding steroid dienone is 1. The van der Waals surface area contributed by atoms with Crippen LogP contribution in [0.4, 0.5) is 0 Å². The molecule has 10 nitrogen and oxygen atoms in total. The number of hydrogen-bond acceptors (Lipinski definition) is 9. The molecule has 3 heterocycles. The summed E-state index contributed by atoms with van der Waals surface area (Å²) < 4.78 is 27.1. The molecule has 0 bridgehead atoms. The minimum Gasteiger partial charge on any atom is -0.504 e. The summed E-state index contributed by atoms with van der Waals surface area (Å²) in [7, 11) is 3.14. The molecule has 0 spiro atoms. The number of aromatic nitrogens is 2. The van der Waals surface area contributed by atoms with Crippen LogP contribution in [0.1, 0.15) is 24.4 Å². The molecule has 182 valence electrons. The molecule has 2 aliphatic heterocycles. The lowest BCUT2D eigenvalue weighted by Crippen LogP contribution is -2.47. The van der Waals surface area contributed by atoms with Crippen LogP contribution in [0.3, 0.4) is 0 Å². The van der Waals surface area contributed by atoms with Gasteiger partial charge in [0.2, 0.25) is 12.6 Å². The molecule has 2 N–H and O–H groups in total. The first kappa shape index (κ1) is 22.9. The number of aromatic hydroxyl groups is 1. The van der Waals surface area contributed by atoms with E-state index in [1.165, 1.54) is 7.11 Å². The van der Waals surface area contributed by atoms with Gasteiger partial charge in [-0.3, -0.25) is 0 Å². The summed E-state index contributed by atoms with van der Waals surface area (Å²) in [6.07, 6.45) is 0. The smallest absolute Gasteiger partial charge is 0.258 e. The number of phenolic OH excluding ortho intramolecular Hbond substituents is 1. The van der Waals surface area contributed by atoms with E-state index >= 15 is 0 Å². The minimum atomic E-state index is -0.442. The van der Waals surface area contributed by atoms with Crippen molar-refractivity contribution in [2.75, 3.05) is 34.2 Å². The van der Waals surface area contributed by atoms with E-state index in [-0.39, 0.29) is 12.5 Å². The van der Waals surface area contributed by atoms with Gasteiger partial charge in [-0.2, -0.15) is 4.98 Å². The second-order valence-corrected chi connectivity index (χ2v) is 8.34. The summed E-state index contributed by atoms with van der Waals surface area (Å²) in [6.45, 7) is 3.15. The molecule has 35 heavy (non-hydrogen) atoms.